The van der Waals surface area contributed by atoms with E-state index in [4.69, 9.17) is 32.5 Å². The lowest BCUT2D eigenvalue weighted by atomic mass is 10.0. The van der Waals surface area contributed by atoms with Gasteiger partial charge >= 0.3 is 0 Å². The maximum Gasteiger partial charge on any atom is 0.275 e. The molecule has 1 aromatic heterocycles. The molecule has 0 fully saturated rings. The summed E-state index contributed by atoms with van der Waals surface area (Å²) in [5.41, 5.74) is 13.9. The van der Waals surface area contributed by atoms with E-state index in [0.717, 1.165) is 11.1 Å². The average Bonchev–Trinajstić information content (AvgIpc) is 2.85. The van der Waals surface area contributed by atoms with Gasteiger partial charge in [0, 0.05) is 6.54 Å². The van der Waals surface area contributed by atoms with Gasteiger partial charge in [0.25, 0.3) is 5.91 Å². The third-order valence-electron chi connectivity index (χ3n) is 5.50. The van der Waals surface area contributed by atoms with Crippen LogP contribution in [-0.2, 0) is 11.3 Å². The van der Waals surface area contributed by atoms with E-state index in [1.807, 2.05) is 31.2 Å². The molecule has 0 spiro atoms. The highest BCUT2D eigenvalue weighted by molar-refractivity contribution is 6.33. The van der Waals surface area contributed by atoms with E-state index in [1.54, 1.807) is 25.1 Å². The molecule has 2 atom stereocenters. The van der Waals surface area contributed by atoms with Crippen molar-refractivity contribution in [3.05, 3.63) is 76.1 Å². The van der Waals surface area contributed by atoms with Gasteiger partial charge in [-0.2, -0.15) is 0 Å². The van der Waals surface area contributed by atoms with Gasteiger partial charge in [-0.15, -0.1) is 0 Å². The number of nitrogens with one attached hydrogen (secondary N) is 1. The van der Waals surface area contributed by atoms with Gasteiger partial charge in [-0.3, -0.25) is 9.59 Å². The van der Waals surface area contributed by atoms with Crippen molar-refractivity contribution in [2.24, 2.45) is 11.5 Å². The molecule has 5 N–H and O–H groups in total. The number of anilines is 1. The van der Waals surface area contributed by atoms with Gasteiger partial charge in [-0.1, -0.05) is 47.5 Å². The van der Waals surface area contributed by atoms with E-state index in [0.29, 0.717) is 30.3 Å². The van der Waals surface area contributed by atoms with E-state index < -0.39 is 24.0 Å². The van der Waals surface area contributed by atoms with E-state index in [1.165, 1.54) is 11.1 Å². The van der Waals surface area contributed by atoms with Gasteiger partial charge in [0.1, 0.15) is 19.3 Å². The number of aryl methyl sites for hydroxylation is 1. The first-order chi connectivity index (χ1) is 17.2. The van der Waals surface area contributed by atoms with Crippen molar-refractivity contribution < 1.29 is 19.1 Å². The number of hydrogen-bond donors (Lipinski definition) is 3. The topological polar surface area (TPSA) is 146 Å². The standard InChI is InChI=1S/C25H27ClN6O4/c1-14-3-5-16(6-4-14)13-32(24(34)21-18(26)12-29-25(31-21)30-15(2)27)22(23(28)33)17-7-8-19-20(11-17)36-10-9-35-19/h3-8,11-12,15,22H,9-10,13,27H2,1-2H3,(H2,28,33)(H,29,30,31). The minimum Gasteiger partial charge on any atom is -0.486 e. The van der Waals surface area contributed by atoms with Crippen molar-refractivity contribution in [1.29, 1.82) is 0 Å². The molecule has 0 saturated carbocycles. The number of primary amides is 1. The number of aromatic nitrogens is 2. The molecule has 3 aromatic rings. The summed E-state index contributed by atoms with van der Waals surface area (Å²) in [7, 11) is 0. The fourth-order valence-electron chi connectivity index (χ4n) is 3.82. The predicted octanol–water partition coefficient (Wildman–Crippen LogP) is 2.80. The Morgan fingerprint density at radius 3 is 2.50 bits per heavy atom. The highest BCUT2D eigenvalue weighted by atomic mass is 35.5. The van der Waals surface area contributed by atoms with Crippen molar-refractivity contribution in [2.75, 3.05) is 18.5 Å². The molecule has 11 heteroatoms. The Kier molecular flexibility index (Phi) is 7.56. The Balaban J connectivity index is 1.79. The number of carbonyl (C=O) groups excluding carboxylic acids is 2. The molecule has 0 bridgehead atoms. The number of halogens is 1. The smallest absolute Gasteiger partial charge is 0.275 e. The lowest BCUT2D eigenvalue weighted by molar-refractivity contribution is -0.122. The fraction of sp³-hybridized carbons (Fsp3) is 0.280. The molecule has 0 aliphatic carbocycles. The molecular formula is C25H27ClN6O4. The highest BCUT2D eigenvalue weighted by Crippen LogP contribution is 2.35. The predicted molar refractivity (Wildman–Crippen MR) is 135 cm³/mol. The molecule has 2 heterocycles. The second kappa shape index (κ2) is 10.8. The second-order valence-corrected chi connectivity index (χ2v) is 8.86. The van der Waals surface area contributed by atoms with Gasteiger partial charge in [0.15, 0.2) is 17.2 Å². The zero-order valence-electron chi connectivity index (χ0n) is 19.9. The Hall–Kier alpha value is -3.89. The van der Waals surface area contributed by atoms with Gasteiger partial charge in [-0.25, -0.2) is 9.97 Å². The van der Waals surface area contributed by atoms with Crippen LogP contribution >= 0.6 is 11.6 Å². The van der Waals surface area contributed by atoms with Crippen LogP contribution in [0.15, 0.2) is 48.7 Å². The quantitative estimate of drug-likeness (QED) is 0.392. The van der Waals surface area contributed by atoms with Crippen LogP contribution in [0.4, 0.5) is 5.95 Å². The highest BCUT2D eigenvalue weighted by Gasteiger charge is 2.33. The number of ether oxygens (including phenoxy) is 2. The van der Waals surface area contributed by atoms with Gasteiger partial charge in [0.2, 0.25) is 11.9 Å². The van der Waals surface area contributed by atoms with E-state index in [2.05, 4.69) is 15.3 Å². The number of fused-ring (bicyclic) bond motifs is 1. The molecule has 10 nitrogen and oxygen atoms in total. The molecule has 1 aliphatic heterocycles. The summed E-state index contributed by atoms with van der Waals surface area (Å²) in [6.45, 7) is 4.52. The van der Waals surface area contributed by atoms with Crippen LogP contribution in [-0.4, -0.2) is 46.1 Å². The molecule has 4 rings (SSSR count). The number of nitrogens with zero attached hydrogens (tertiary/aromatic N) is 3. The summed E-state index contributed by atoms with van der Waals surface area (Å²) in [5.74, 6) is -0.185. The second-order valence-electron chi connectivity index (χ2n) is 8.45. The van der Waals surface area contributed by atoms with Crippen LogP contribution in [0.25, 0.3) is 0 Å². The number of rotatable bonds is 8. The number of hydrogen-bond acceptors (Lipinski definition) is 8. The van der Waals surface area contributed by atoms with Crippen molar-refractivity contribution in [3.63, 3.8) is 0 Å². The molecule has 2 aromatic carbocycles. The van der Waals surface area contributed by atoms with Crippen LogP contribution in [0.5, 0.6) is 11.5 Å². The third-order valence-corrected chi connectivity index (χ3v) is 5.78. The van der Waals surface area contributed by atoms with Gasteiger partial charge in [0.05, 0.1) is 17.4 Å². The van der Waals surface area contributed by atoms with Crippen molar-refractivity contribution in [2.45, 2.75) is 32.6 Å². The largest absolute Gasteiger partial charge is 0.486 e. The van der Waals surface area contributed by atoms with E-state index in [9.17, 15) is 9.59 Å². The normalized spacial score (nSPS) is 14.0. The fourth-order valence-corrected chi connectivity index (χ4v) is 4.00. The lowest BCUT2D eigenvalue weighted by Crippen LogP contribution is -2.42. The van der Waals surface area contributed by atoms with Gasteiger partial charge in [-0.05, 0) is 37.1 Å². The number of nitrogens with two attached hydrogens (primary N) is 2. The zero-order valence-corrected chi connectivity index (χ0v) is 20.7. The summed E-state index contributed by atoms with van der Waals surface area (Å²) in [6.07, 6.45) is 0.841. The number of benzene rings is 2. The minimum atomic E-state index is -1.15. The Morgan fingerprint density at radius 2 is 1.83 bits per heavy atom. The summed E-state index contributed by atoms with van der Waals surface area (Å²) in [5, 5.41) is 2.87. The first-order valence-corrected chi connectivity index (χ1v) is 11.7. The molecule has 0 saturated heterocycles. The van der Waals surface area contributed by atoms with E-state index in [-0.39, 0.29) is 23.2 Å². The average molecular weight is 511 g/mol. The molecule has 2 unspecified atom stereocenters. The lowest BCUT2D eigenvalue weighted by Gasteiger charge is -2.31. The molecule has 188 valence electrons. The zero-order chi connectivity index (χ0) is 25.8. The molecule has 36 heavy (non-hydrogen) atoms. The van der Waals surface area contributed by atoms with Crippen LogP contribution in [0.3, 0.4) is 0 Å². The number of carbonyl (C=O) groups is 2. The molecular weight excluding hydrogens is 484 g/mol. The molecule has 0 radical (unpaired) electrons. The third kappa shape index (κ3) is 5.67. The van der Waals surface area contributed by atoms with Crippen LogP contribution in [0, 0.1) is 6.92 Å². The van der Waals surface area contributed by atoms with Crippen LogP contribution in [0.1, 0.15) is 40.1 Å². The molecule has 1 aliphatic rings. The summed E-state index contributed by atoms with van der Waals surface area (Å²) < 4.78 is 11.3. The van der Waals surface area contributed by atoms with Gasteiger partial charge < -0.3 is 31.2 Å². The molecule has 2 amide bonds. The van der Waals surface area contributed by atoms with Crippen molar-refractivity contribution in [3.8, 4) is 11.5 Å². The summed E-state index contributed by atoms with van der Waals surface area (Å²) in [4.78, 5) is 36.4. The Labute approximate surface area is 213 Å². The number of amides is 2. The maximum atomic E-state index is 13.9. The van der Waals surface area contributed by atoms with Crippen molar-refractivity contribution >= 4 is 29.4 Å². The first-order valence-electron chi connectivity index (χ1n) is 11.3. The minimum absolute atomic E-state index is 0.0227. The van der Waals surface area contributed by atoms with Crippen molar-refractivity contribution in [1.82, 2.24) is 14.9 Å². The van der Waals surface area contributed by atoms with E-state index >= 15 is 0 Å². The Bertz CT molecular complexity index is 1270. The first kappa shape index (κ1) is 25.2. The van der Waals surface area contributed by atoms with Crippen LogP contribution in [0.2, 0.25) is 5.02 Å². The Morgan fingerprint density at radius 1 is 1.14 bits per heavy atom. The summed E-state index contributed by atoms with van der Waals surface area (Å²) >= 11 is 6.34. The van der Waals surface area contributed by atoms with Crippen LogP contribution < -0.4 is 26.3 Å². The SMILES string of the molecule is Cc1ccc(CN(C(=O)c2nc(NC(C)N)ncc2Cl)C(C(N)=O)c2ccc3c(c2)OCCO3)cc1. The summed E-state index contributed by atoms with van der Waals surface area (Å²) in [6, 6.07) is 11.5. The monoisotopic (exact) mass is 510 g/mol. The maximum absolute atomic E-state index is 13.9.